The van der Waals surface area contributed by atoms with Crippen LogP contribution in [-0.2, 0) is 6.42 Å². The van der Waals surface area contributed by atoms with E-state index >= 15 is 0 Å². The topological polar surface area (TPSA) is 76.1 Å². The standard InChI is InChI=1S/C19H26N4O2/c1-4-5-10-21-19(24)17-13-18(23-14(2)22-17)20-11-9-15-7-6-8-16(12-15)25-3/h6-8,12-13H,4-5,9-11H2,1-3H3,(H,21,24)(H,20,22,23). The fourth-order valence-electron chi connectivity index (χ4n) is 2.41. The van der Waals surface area contributed by atoms with Crippen LogP contribution in [0.3, 0.4) is 0 Å². The molecule has 6 heteroatoms. The molecule has 0 atom stereocenters. The molecule has 0 radical (unpaired) electrons. The lowest BCUT2D eigenvalue weighted by Gasteiger charge is -2.09. The molecule has 2 rings (SSSR count). The molecule has 0 spiro atoms. The minimum atomic E-state index is -0.158. The summed E-state index contributed by atoms with van der Waals surface area (Å²) in [6.07, 6.45) is 2.83. The maximum absolute atomic E-state index is 12.1. The van der Waals surface area contributed by atoms with Gasteiger partial charge in [-0.25, -0.2) is 9.97 Å². The Kier molecular flexibility index (Phi) is 7.19. The number of carbonyl (C=O) groups is 1. The summed E-state index contributed by atoms with van der Waals surface area (Å²) < 4.78 is 5.23. The monoisotopic (exact) mass is 342 g/mol. The van der Waals surface area contributed by atoms with E-state index in [2.05, 4.69) is 33.6 Å². The molecule has 1 aromatic heterocycles. The summed E-state index contributed by atoms with van der Waals surface area (Å²) in [6.45, 7) is 5.25. The van der Waals surface area contributed by atoms with Crippen molar-refractivity contribution in [3.63, 3.8) is 0 Å². The number of carbonyl (C=O) groups excluding carboxylic acids is 1. The Bertz CT molecular complexity index is 704. The molecule has 0 aliphatic carbocycles. The lowest BCUT2D eigenvalue weighted by atomic mass is 10.1. The Morgan fingerprint density at radius 2 is 2.04 bits per heavy atom. The Labute approximate surface area is 149 Å². The van der Waals surface area contributed by atoms with Gasteiger partial charge >= 0.3 is 0 Å². The largest absolute Gasteiger partial charge is 0.497 e. The number of aromatic nitrogens is 2. The molecule has 25 heavy (non-hydrogen) atoms. The highest BCUT2D eigenvalue weighted by Crippen LogP contribution is 2.13. The molecule has 0 bridgehead atoms. The van der Waals surface area contributed by atoms with Crippen LogP contribution in [0.4, 0.5) is 5.82 Å². The van der Waals surface area contributed by atoms with Crippen molar-refractivity contribution < 1.29 is 9.53 Å². The molecule has 0 fully saturated rings. The van der Waals surface area contributed by atoms with Gasteiger partial charge in [-0.1, -0.05) is 25.5 Å². The Hall–Kier alpha value is -2.63. The third-order valence-electron chi connectivity index (χ3n) is 3.74. The Balaban J connectivity index is 1.94. The number of hydrogen-bond acceptors (Lipinski definition) is 5. The van der Waals surface area contributed by atoms with Gasteiger partial charge in [-0.05, 0) is 37.5 Å². The third-order valence-corrected chi connectivity index (χ3v) is 3.74. The van der Waals surface area contributed by atoms with E-state index in [1.165, 1.54) is 5.56 Å². The molecular formula is C19H26N4O2. The van der Waals surface area contributed by atoms with E-state index in [0.29, 0.717) is 30.4 Å². The quantitative estimate of drug-likeness (QED) is 0.685. The molecule has 0 aliphatic rings. The van der Waals surface area contributed by atoms with E-state index in [0.717, 1.165) is 25.0 Å². The van der Waals surface area contributed by atoms with Gasteiger partial charge in [-0.2, -0.15) is 0 Å². The number of nitrogens with one attached hydrogen (secondary N) is 2. The van der Waals surface area contributed by atoms with E-state index in [1.54, 1.807) is 20.1 Å². The second kappa shape index (κ2) is 9.61. The Morgan fingerprint density at radius 3 is 2.80 bits per heavy atom. The summed E-state index contributed by atoms with van der Waals surface area (Å²) in [7, 11) is 1.66. The van der Waals surface area contributed by atoms with E-state index in [1.807, 2.05) is 18.2 Å². The van der Waals surface area contributed by atoms with Crippen LogP contribution in [0.15, 0.2) is 30.3 Å². The number of aryl methyl sites for hydroxylation is 1. The van der Waals surface area contributed by atoms with E-state index in [9.17, 15) is 4.79 Å². The SMILES string of the molecule is CCCCNC(=O)c1cc(NCCc2cccc(OC)c2)nc(C)n1. The van der Waals surface area contributed by atoms with Crippen molar-refractivity contribution in [2.45, 2.75) is 33.1 Å². The Morgan fingerprint density at radius 1 is 1.20 bits per heavy atom. The van der Waals surface area contributed by atoms with Gasteiger partial charge < -0.3 is 15.4 Å². The molecule has 0 saturated heterocycles. The number of anilines is 1. The normalized spacial score (nSPS) is 10.4. The second-order valence-corrected chi connectivity index (χ2v) is 5.82. The number of rotatable bonds is 9. The summed E-state index contributed by atoms with van der Waals surface area (Å²) in [5, 5.41) is 6.14. The zero-order valence-corrected chi connectivity index (χ0v) is 15.1. The summed E-state index contributed by atoms with van der Waals surface area (Å²) in [4.78, 5) is 20.7. The highest BCUT2D eigenvalue weighted by molar-refractivity contribution is 5.92. The predicted octanol–water partition coefficient (Wildman–Crippen LogP) is 2.98. The van der Waals surface area contributed by atoms with Crippen LogP contribution >= 0.6 is 0 Å². The molecule has 2 N–H and O–H groups in total. The molecule has 6 nitrogen and oxygen atoms in total. The minimum absolute atomic E-state index is 0.158. The van der Waals surface area contributed by atoms with Crippen LogP contribution in [0.1, 0.15) is 41.6 Å². The molecule has 1 amide bonds. The van der Waals surface area contributed by atoms with Crippen LogP contribution in [0.25, 0.3) is 0 Å². The van der Waals surface area contributed by atoms with Gasteiger partial charge in [0.1, 0.15) is 23.1 Å². The summed E-state index contributed by atoms with van der Waals surface area (Å²) in [5.41, 5.74) is 1.57. The van der Waals surface area contributed by atoms with Crippen molar-refractivity contribution in [3.05, 3.63) is 47.4 Å². The third kappa shape index (κ3) is 6.06. The molecule has 2 aromatic rings. The maximum Gasteiger partial charge on any atom is 0.270 e. The first-order valence-electron chi connectivity index (χ1n) is 8.63. The maximum atomic E-state index is 12.1. The van der Waals surface area contributed by atoms with Crippen LogP contribution in [-0.4, -0.2) is 36.1 Å². The van der Waals surface area contributed by atoms with Gasteiger partial charge in [0.15, 0.2) is 0 Å². The second-order valence-electron chi connectivity index (χ2n) is 5.82. The fraction of sp³-hybridized carbons (Fsp3) is 0.421. The van der Waals surface area contributed by atoms with E-state index < -0.39 is 0 Å². The van der Waals surface area contributed by atoms with Crippen LogP contribution < -0.4 is 15.4 Å². The number of hydrogen-bond donors (Lipinski definition) is 2. The summed E-state index contributed by atoms with van der Waals surface area (Å²) in [5.74, 6) is 1.93. The highest BCUT2D eigenvalue weighted by atomic mass is 16.5. The van der Waals surface area contributed by atoms with Crippen LogP contribution in [0.5, 0.6) is 5.75 Å². The van der Waals surface area contributed by atoms with Crippen molar-refractivity contribution in [3.8, 4) is 5.75 Å². The molecule has 0 saturated carbocycles. The number of unbranched alkanes of at least 4 members (excludes halogenated alkanes) is 1. The van der Waals surface area contributed by atoms with Crippen molar-refractivity contribution in [1.82, 2.24) is 15.3 Å². The number of methoxy groups -OCH3 is 1. The summed E-state index contributed by atoms with van der Waals surface area (Å²) in [6, 6.07) is 9.66. The number of nitrogens with zero attached hydrogens (tertiary/aromatic N) is 2. The molecular weight excluding hydrogens is 316 g/mol. The zero-order chi connectivity index (χ0) is 18.1. The first-order valence-corrected chi connectivity index (χ1v) is 8.63. The highest BCUT2D eigenvalue weighted by Gasteiger charge is 2.09. The minimum Gasteiger partial charge on any atom is -0.497 e. The first kappa shape index (κ1) is 18.7. The zero-order valence-electron chi connectivity index (χ0n) is 15.1. The van der Waals surface area contributed by atoms with E-state index in [-0.39, 0.29) is 5.91 Å². The lowest BCUT2D eigenvalue weighted by Crippen LogP contribution is -2.26. The van der Waals surface area contributed by atoms with Gasteiger partial charge in [0.05, 0.1) is 7.11 Å². The number of amides is 1. The molecule has 0 aliphatic heterocycles. The van der Waals surface area contributed by atoms with Crippen LogP contribution in [0.2, 0.25) is 0 Å². The van der Waals surface area contributed by atoms with Gasteiger partial charge in [-0.3, -0.25) is 4.79 Å². The van der Waals surface area contributed by atoms with Gasteiger partial charge in [0.2, 0.25) is 0 Å². The van der Waals surface area contributed by atoms with Crippen molar-refractivity contribution in [2.75, 3.05) is 25.5 Å². The predicted molar refractivity (Wildman–Crippen MR) is 99.2 cm³/mol. The van der Waals surface area contributed by atoms with Gasteiger partial charge in [0.25, 0.3) is 5.91 Å². The molecule has 1 heterocycles. The van der Waals surface area contributed by atoms with Gasteiger partial charge in [0, 0.05) is 19.2 Å². The lowest BCUT2D eigenvalue weighted by molar-refractivity contribution is 0.0948. The van der Waals surface area contributed by atoms with Gasteiger partial charge in [-0.15, -0.1) is 0 Å². The van der Waals surface area contributed by atoms with Crippen molar-refractivity contribution in [2.24, 2.45) is 0 Å². The fourth-order valence-corrected chi connectivity index (χ4v) is 2.41. The van der Waals surface area contributed by atoms with E-state index in [4.69, 9.17) is 4.74 Å². The first-order chi connectivity index (χ1) is 12.1. The molecule has 0 unspecified atom stereocenters. The molecule has 1 aromatic carbocycles. The summed E-state index contributed by atoms with van der Waals surface area (Å²) >= 11 is 0. The number of ether oxygens (including phenoxy) is 1. The average Bonchev–Trinajstić information content (AvgIpc) is 2.61. The van der Waals surface area contributed by atoms with Crippen molar-refractivity contribution in [1.29, 1.82) is 0 Å². The smallest absolute Gasteiger partial charge is 0.270 e. The molecule has 134 valence electrons. The van der Waals surface area contributed by atoms with Crippen molar-refractivity contribution >= 4 is 11.7 Å². The average molecular weight is 342 g/mol. The number of benzene rings is 1. The van der Waals surface area contributed by atoms with Crippen LogP contribution in [0, 0.1) is 6.92 Å².